The van der Waals surface area contributed by atoms with Crippen LogP contribution in [-0.4, -0.2) is 78.3 Å². The standard InChI is InChI=1S/C24H26ClN3O4S/c1-26-11-13-27(14-12-26)9-4-10-28-18-5-2-3-6-19(18)33-20-8-7-17(25)22(23(20)28)16(24(31)32)15-21(29)30/h2-3,5-8,15H,4,9-14H2,1H3,(H,29,30)(H,31,32)/b16-15-. The number of rotatable bonds is 7. The summed E-state index contributed by atoms with van der Waals surface area (Å²) < 4.78 is 0. The number of aliphatic carboxylic acids is 2. The topological polar surface area (TPSA) is 84.3 Å². The second-order valence-electron chi connectivity index (χ2n) is 8.19. The van der Waals surface area contributed by atoms with Gasteiger partial charge in [0.2, 0.25) is 0 Å². The van der Waals surface area contributed by atoms with Gasteiger partial charge in [-0.15, -0.1) is 0 Å². The van der Waals surface area contributed by atoms with E-state index in [0.717, 1.165) is 60.7 Å². The summed E-state index contributed by atoms with van der Waals surface area (Å²) in [5, 5.41) is 19.3. The van der Waals surface area contributed by atoms with Crippen LogP contribution in [0.1, 0.15) is 12.0 Å². The summed E-state index contributed by atoms with van der Waals surface area (Å²) in [4.78, 5) is 32.2. The first-order valence-corrected chi connectivity index (χ1v) is 12.0. The number of carboxylic acids is 2. The molecule has 2 heterocycles. The third-order valence-corrected chi connectivity index (χ3v) is 7.38. The second kappa shape index (κ2) is 10.2. The number of halogens is 1. The van der Waals surface area contributed by atoms with E-state index in [-0.39, 0.29) is 16.2 Å². The molecule has 2 aromatic rings. The molecule has 0 aromatic heterocycles. The summed E-state index contributed by atoms with van der Waals surface area (Å²) in [5.41, 5.74) is 1.54. The van der Waals surface area contributed by atoms with Crippen molar-refractivity contribution in [1.82, 2.24) is 9.80 Å². The summed E-state index contributed by atoms with van der Waals surface area (Å²) in [6, 6.07) is 11.5. The van der Waals surface area contributed by atoms with Gasteiger partial charge in [0, 0.05) is 54.2 Å². The SMILES string of the molecule is CN1CCN(CCCN2c3ccccc3Sc3ccc(Cl)c(/C(=C/C(=O)O)C(=O)O)c32)CC1. The molecule has 2 aliphatic rings. The molecule has 0 saturated carbocycles. The van der Waals surface area contributed by atoms with Gasteiger partial charge in [-0.1, -0.05) is 35.5 Å². The minimum absolute atomic E-state index is 0.215. The maximum atomic E-state index is 12.0. The normalized spacial score (nSPS) is 16.9. The summed E-state index contributed by atoms with van der Waals surface area (Å²) >= 11 is 8.03. The Bertz CT molecular complexity index is 1100. The maximum Gasteiger partial charge on any atom is 0.336 e. The van der Waals surface area contributed by atoms with E-state index in [9.17, 15) is 19.8 Å². The Balaban J connectivity index is 1.72. The van der Waals surface area contributed by atoms with Gasteiger partial charge in [0.05, 0.1) is 22.0 Å². The zero-order valence-corrected chi connectivity index (χ0v) is 19.9. The molecule has 0 spiro atoms. The van der Waals surface area contributed by atoms with Gasteiger partial charge in [-0.05, 0) is 44.3 Å². The Hall–Kier alpha value is -2.52. The zero-order valence-electron chi connectivity index (χ0n) is 18.3. The molecule has 0 aliphatic carbocycles. The van der Waals surface area contributed by atoms with Crippen molar-refractivity contribution in [3.05, 3.63) is 53.1 Å². The summed E-state index contributed by atoms with van der Waals surface area (Å²) in [6.07, 6.45) is 1.59. The Morgan fingerprint density at radius 1 is 1.03 bits per heavy atom. The second-order valence-corrected chi connectivity index (χ2v) is 9.68. The molecule has 1 saturated heterocycles. The first kappa shape index (κ1) is 23.6. The number of carbonyl (C=O) groups is 2. The third-order valence-electron chi connectivity index (χ3n) is 5.96. The molecule has 0 bridgehead atoms. The average molecular weight is 488 g/mol. The lowest BCUT2D eigenvalue weighted by Crippen LogP contribution is -2.45. The summed E-state index contributed by atoms with van der Waals surface area (Å²) in [6.45, 7) is 5.75. The van der Waals surface area contributed by atoms with E-state index in [1.54, 1.807) is 6.07 Å². The van der Waals surface area contributed by atoms with Gasteiger partial charge in [-0.3, -0.25) is 0 Å². The molecule has 9 heteroatoms. The van der Waals surface area contributed by atoms with Crippen molar-refractivity contribution in [2.45, 2.75) is 16.2 Å². The zero-order chi connectivity index (χ0) is 23.5. The van der Waals surface area contributed by atoms with Crippen LogP contribution in [0.2, 0.25) is 5.02 Å². The lowest BCUT2D eigenvalue weighted by Gasteiger charge is -2.36. The van der Waals surface area contributed by atoms with Gasteiger partial charge in [-0.2, -0.15) is 0 Å². The highest BCUT2D eigenvalue weighted by Crippen LogP contribution is 2.52. The quantitative estimate of drug-likeness (QED) is 0.564. The molecule has 0 amide bonds. The van der Waals surface area contributed by atoms with Crippen LogP contribution < -0.4 is 4.90 Å². The largest absolute Gasteiger partial charge is 0.478 e. The van der Waals surface area contributed by atoms with E-state index in [1.807, 2.05) is 30.3 Å². The minimum atomic E-state index is -1.33. The molecule has 33 heavy (non-hydrogen) atoms. The van der Waals surface area contributed by atoms with Crippen molar-refractivity contribution in [2.75, 3.05) is 51.2 Å². The molecular weight excluding hydrogens is 462 g/mol. The average Bonchev–Trinajstić information content (AvgIpc) is 2.78. The highest BCUT2D eigenvalue weighted by molar-refractivity contribution is 7.99. The maximum absolute atomic E-state index is 12.0. The summed E-state index contributed by atoms with van der Waals surface area (Å²) in [5.74, 6) is -2.65. The third kappa shape index (κ3) is 5.19. The number of benzene rings is 2. The number of para-hydroxylation sites is 1. The van der Waals surface area contributed by atoms with Crippen molar-refractivity contribution in [2.24, 2.45) is 0 Å². The number of piperazine rings is 1. The molecule has 2 N–H and O–H groups in total. The van der Waals surface area contributed by atoms with Crippen LogP contribution in [0.4, 0.5) is 11.4 Å². The van der Waals surface area contributed by atoms with Crippen molar-refractivity contribution >= 4 is 52.2 Å². The van der Waals surface area contributed by atoms with Crippen molar-refractivity contribution in [3.63, 3.8) is 0 Å². The molecule has 2 aromatic carbocycles. The number of carboxylic acid groups (broad SMARTS) is 2. The van der Waals surface area contributed by atoms with Gasteiger partial charge in [0.25, 0.3) is 0 Å². The minimum Gasteiger partial charge on any atom is -0.478 e. The first-order chi connectivity index (χ1) is 15.8. The van der Waals surface area contributed by atoms with E-state index >= 15 is 0 Å². The van der Waals surface area contributed by atoms with Crippen LogP contribution >= 0.6 is 23.4 Å². The highest BCUT2D eigenvalue weighted by atomic mass is 35.5. The first-order valence-electron chi connectivity index (χ1n) is 10.8. The molecule has 4 rings (SSSR count). The predicted octanol–water partition coefficient (Wildman–Crippen LogP) is 4.13. The van der Waals surface area contributed by atoms with E-state index in [0.29, 0.717) is 12.2 Å². The van der Waals surface area contributed by atoms with Crippen LogP contribution in [0, 0.1) is 0 Å². The fourth-order valence-corrected chi connectivity index (χ4v) is 5.65. The Kier molecular flexibility index (Phi) is 7.29. The number of hydrogen-bond acceptors (Lipinski definition) is 6. The van der Waals surface area contributed by atoms with Gasteiger partial charge < -0.3 is 24.9 Å². The number of nitrogens with zero attached hydrogens (tertiary/aromatic N) is 3. The van der Waals surface area contributed by atoms with E-state index in [1.165, 1.54) is 11.8 Å². The fourth-order valence-electron chi connectivity index (χ4n) is 4.28. The van der Waals surface area contributed by atoms with Crippen LogP contribution in [0.5, 0.6) is 0 Å². The van der Waals surface area contributed by atoms with E-state index < -0.39 is 11.9 Å². The molecule has 0 unspecified atom stereocenters. The number of fused-ring (bicyclic) bond motifs is 2. The van der Waals surface area contributed by atoms with Crippen LogP contribution in [0.3, 0.4) is 0 Å². The Morgan fingerprint density at radius 3 is 2.45 bits per heavy atom. The highest BCUT2D eigenvalue weighted by Gasteiger charge is 2.30. The molecular formula is C24H26ClN3O4S. The summed E-state index contributed by atoms with van der Waals surface area (Å²) in [7, 11) is 2.13. The molecule has 0 radical (unpaired) electrons. The van der Waals surface area contributed by atoms with Gasteiger partial charge in [0.15, 0.2) is 0 Å². The number of anilines is 2. The van der Waals surface area contributed by atoms with E-state index in [2.05, 4.69) is 21.7 Å². The lowest BCUT2D eigenvalue weighted by molar-refractivity contribution is -0.133. The Morgan fingerprint density at radius 2 is 1.76 bits per heavy atom. The molecule has 2 aliphatic heterocycles. The molecule has 1 fully saturated rings. The Labute approximate surface area is 202 Å². The molecule has 174 valence electrons. The molecule has 7 nitrogen and oxygen atoms in total. The monoisotopic (exact) mass is 487 g/mol. The van der Waals surface area contributed by atoms with Gasteiger partial charge in [-0.25, -0.2) is 9.59 Å². The van der Waals surface area contributed by atoms with Gasteiger partial charge in [0.1, 0.15) is 0 Å². The smallest absolute Gasteiger partial charge is 0.336 e. The van der Waals surface area contributed by atoms with Crippen LogP contribution in [0.25, 0.3) is 5.57 Å². The van der Waals surface area contributed by atoms with E-state index in [4.69, 9.17) is 11.6 Å². The molecule has 0 atom stereocenters. The fraction of sp³-hybridized carbons (Fsp3) is 0.333. The van der Waals surface area contributed by atoms with Crippen LogP contribution in [-0.2, 0) is 9.59 Å². The number of likely N-dealkylation sites (N-methyl/N-ethyl adjacent to an activating group) is 1. The van der Waals surface area contributed by atoms with Crippen molar-refractivity contribution < 1.29 is 19.8 Å². The predicted molar refractivity (Wildman–Crippen MR) is 131 cm³/mol. The van der Waals surface area contributed by atoms with Crippen molar-refractivity contribution in [3.8, 4) is 0 Å². The number of hydrogen-bond donors (Lipinski definition) is 2. The lowest BCUT2D eigenvalue weighted by atomic mass is 10.0. The van der Waals surface area contributed by atoms with Gasteiger partial charge >= 0.3 is 11.9 Å². The van der Waals surface area contributed by atoms with Crippen molar-refractivity contribution in [1.29, 1.82) is 0 Å². The van der Waals surface area contributed by atoms with Crippen LogP contribution in [0.15, 0.2) is 52.3 Å².